The highest BCUT2D eigenvalue weighted by Crippen LogP contribution is 2.65. The monoisotopic (exact) mass is 862 g/mol. The molecule has 2 atom stereocenters. The van der Waals surface area contributed by atoms with Crippen LogP contribution < -0.4 is 9.80 Å². The van der Waals surface area contributed by atoms with Crippen LogP contribution in [0, 0.1) is 19.8 Å². The molecule has 11 aromatic rings. The van der Waals surface area contributed by atoms with Gasteiger partial charge < -0.3 is 18.6 Å². The third kappa shape index (κ3) is 5.79. The van der Waals surface area contributed by atoms with Crippen LogP contribution in [0.1, 0.15) is 34.2 Å². The second kappa shape index (κ2) is 15.4. The fourth-order valence-corrected chi connectivity index (χ4v) is 11.5. The lowest BCUT2D eigenvalue weighted by Crippen LogP contribution is -2.36. The van der Waals surface area contributed by atoms with Crippen molar-refractivity contribution in [2.24, 2.45) is 5.92 Å². The zero-order valence-electron chi connectivity index (χ0n) is 37.4. The summed E-state index contributed by atoms with van der Waals surface area (Å²) in [7, 11) is 0. The summed E-state index contributed by atoms with van der Waals surface area (Å²) in [6, 6.07) is 72.3. The molecule has 2 unspecified atom stereocenters. The van der Waals surface area contributed by atoms with E-state index in [1.807, 2.05) is 0 Å². The molecule has 0 fully saturated rings. The Labute approximate surface area is 390 Å². The van der Waals surface area contributed by atoms with Crippen LogP contribution in [0.15, 0.2) is 233 Å². The van der Waals surface area contributed by atoms with Crippen molar-refractivity contribution < 1.29 is 8.83 Å². The van der Waals surface area contributed by atoms with Gasteiger partial charge >= 0.3 is 0 Å². The van der Waals surface area contributed by atoms with Gasteiger partial charge in [-0.1, -0.05) is 164 Å². The van der Waals surface area contributed by atoms with Gasteiger partial charge in [-0.2, -0.15) is 0 Å². The van der Waals surface area contributed by atoms with Crippen molar-refractivity contribution in [1.82, 2.24) is 0 Å². The Morgan fingerprint density at radius 2 is 0.940 bits per heavy atom. The molecular formula is C63H46N2O2. The van der Waals surface area contributed by atoms with Gasteiger partial charge in [-0.3, -0.25) is 0 Å². The van der Waals surface area contributed by atoms with Gasteiger partial charge in [0.05, 0.1) is 22.2 Å². The number of nitrogens with zero attached hydrogens (tertiary/aromatic N) is 2. The van der Waals surface area contributed by atoms with Crippen molar-refractivity contribution in [1.29, 1.82) is 0 Å². The summed E-state index contributed by atoms with van der Waals surface area (Å²) in [5.74, 6) is 0.0327. The predicted molar refractivity (Wildman–Crippen MR) is 278 cm³/mol. The van der Waals surface area contributed by atoms with Crippen molar-refractivity contribution in [3.8, 4) is 11.1 Å². The second-order valence-corrected chi connectivity index (χ2v) is 18.0. The van der Waals surface area contributed by atoms with Crippen molar-refractivity contribution >= 4 is 78.0 Å². The summed E-state index contributed by atoms with van der Waals surface area (Å²) in [5, 5.41) is 4.30. The van der Waals surface area contributed by atoms with E-state index in [9.17, 15) is 0 Å². The van der Waals surface area contributed by atoms with Crippen LogP contribution in [0.4, 0.5) is 34.1 Å². The van der Waals surface area contributed by atoms with Gasteiger partial charge in [0.15, 0.2) is 5.58 Å². The van der Waals surface area contributed by atoms with Gasteiger partial charge in [-0.15, -0.1) is 0 Å². The van der Waals surface area contributed by atoms with Gasteiger partial charge in [-0.05, 0) is 115 Å². The molecule has 2 aliphatic carbocycles. The van der Waals surface area contributed by atoms with Crippen LogP contribution in [-0.4, -0.2) is 0 Å². The number of anilines is 6. The van der Waals surface area contributed by atoms with Crippen molar-refractivity contribution in [2.75, 3.05) is 9.80 Å². The van der Waals surface area contributed by atoms with E-state index in [1.165, 1.54) is 27.8 Å². The number of aryl methyl sites for hydroxylation is 2. The number of fused-ring (bicyclic) bond motifs is 11. The van der Waals surface area contributed by atoms with E-state index in [-0.39, 0.29) is 5.92 Å². The lowest BCUT2D eigenvalue weighted by atomic mass is 9.62. The van der Waals surface area contributed by atoms with E-state index in [1.54, 1.807) is 0 Å². The van der Waals surface area contributed by atoms with Crippen LogP contribution in [-0.2, 0) is 5.41 Å². The first-order chi connectivity index (χ1) is 33.1. The molecule has 9 aromatic carbocycles. The molecule has 0 radical (unpaired) electrons. The Hall–Kier alpha value is -8.34. The summed E-state index contributed by atoms with van der Waals surface area (Å²) in [4.78, 5) is 4.87. The zero-order chi connectivity index (χ0) is 44.6. The standard InChI is InChI=1S/C63H46N2O2/c1-41-23-15-19-35-51(41)64(45-29-11-5-12-30-45)53-39-50-60(62-57(53)47-33-17-21-37-55(47)67-62)59-49(63(50,43-25-7-3-8-26-43)44-27-9-4-10-28-44)40-54(61-58(59)48-34-18-22-38-56(48)66-61)65(46-31-13-6-14-32-46)52-36-20-16-24-42(52)2/h3-27,29-40,44H,28H2,1-2H3. The second-order valence-electron chi connectivity index (χ2n) is 18.0. The number of rotatable bonds is 8. The average molecular weight is 863 g/mol. The number of para-hydroxylation sites is 6. The Morgan fingerprint density at radius 1 is 0.448 bits per heavy atom. The molecule has 4 heteroatoms. The van der Waals surface area contributed by atoms with Crippen LogP contribution in [0.5, 0.6) is 0 Å². The highest BCUT2D eigenvalue weighted by atomic mass is 16.3. The molecule has 0 saturated heterocycles. The summed E-state index contributed by atoms with van der Waals surface area (Å²) >= 11 is 0. The van der Waals surface area contributed by atoms with E-state index in [0.717, 1.165) is 95.5 Å². The van der Waals surface area contributed by atoms with Crippen molar-refractivity contribution in [3.05, 3.63) is 252 Å². The molecule has 2 aliphatic rings. The maximum absolute atomic E-state index is 7.43. The van der Waals surface area contributed by atoms with E-state index in [0.29, 0.717) is 0 Å². The number of furan rings is 2. The van der Waals surface area contributed by atoms with E-state index in [2.05, 4.69) is 248 Å². The third-order valence-corrected chi connectivity index (χ3v) is 14.3. The fourth-order valence-electron chi connectivity index (χ4n) is 11.5. The topological polar surface area (TPSA) is 32.8 Å². The van der Waals surface area contributed by atoms with Crippen LogP contribution in [0.3, 0.4) is 0 Å². The Balaban J connectivity index is 1.27. The molecule has 0 N–H and O–H groups in total. The van der Waals surface area contributed by atoms with Gasteiger partial charge in [0.2, 0.25) is 0 Å². The number of hydrogen-bond donors (Lipinski definition) is 0. The highest BCUT2D eigenvalue weighted by Gasteiger charge is 2.52. The van der Waals surface area contributed by atoms with Crippen LogP contribution >= 0.6 is 0 Å². The lowest BCUT2D eigenvalue weighted by molar-refractivity contribution is 0.457. The van der Waals surface area contributed by atoms with E-state index in [4.69, 9.17) is 8.83 Å². The van der Waals surface area contributed by atoms with Gasteiger partial charge in [0, 0.05) is 50.0 Å². The first-order valence-corrected chi connectivity index (χ1v) is 23.3. The summed E-state index contributed by atoms with van der Waals surface area (Å²) in [5.41, 5.74) is 17.4. The molecule has 0 spiro atoms. The Morgan fingerprint density at radius 3 is 1.54 bits per heavy atom. The van der Waals surface area contributed by atoms with E-state index >= 15 is 0 Å². The largest absolute Gasteiger partial charge is 0.455 e. The average Bonchev–Trinajstić information content (AvgIpc) is 4.06. The van der Waals surface area contributed by atoms with Gasteiger partial charge in [0.25, 0.3) is 0 Å². The molecule has 67 heavy (non-hydrogen) atoms. The summed E-state index contributed by atoms with van der Waals surface area (Å²) in [6.07, 6.45) is 10.1. The quantitative estimate of drug-likeness (QED) is 0.152. The first kappa shape index (κ1) is 39.1. The number of hydrogen-bond acceptors (Lipinski definition) is 4. The Kier molecular flexibility index (Phi) is 8.97. The molecular weight excluding hydrogens is 817 g/mol. The fraction of sp³-hybridized carbons (Fsp3) is 0.0794. The number of allylic oxidation sites excluding steroid dienone is 4. The molecule has 0 saturated carbocycles. The summed E-state index contributed by atoms with van der Waals surface area (Å²) in [6.45, 7) is 4.41. The molecule has 0 bridgehead atoms. The maximum atomic E-state index is 7.43. The third-order valence-electron chi connectivity index (χ3n) is 14.3. The molecule has 2 aromatic heterocycles. The summed E-state index contributed by atoms with van der Waals surface area (Å²) < 4.78 is 14.7. The van der Waals surface area contributed by atoms with Gasteiger partial charge in [-0.25, -0.2) is 0 Å². The molecule has 4 nitrogen and oxygen atoms in total. The normalized spacial score (nSPS) is 16.2. The molecule has 320 valence electrons. The predicted octanol–water partition coefficient (Wildman–Crippen LogP) is 17.5. The smallest absolute Gasteiger partial charge is 0.160 e. The SMILES string of the molecule is Cc1ccccc1N(c1ccccc1)c1cc2c(c3c1oc1ccccc13)-c1c(cc(N(c3ccccc3)c3ccccc3C)c3c1oc1ccccc13)C2(c1ccccc1)C1C=CC=CC1. The van der Waals surface area contributed by atoms with Crippen LogP contribution in [0.2, 0.25) is 0 Å². The van der Waals surface area contributed by atoms with Crippen LogP contribution in [0.25, 0.3) is 55.0 Å². The molecule has 2 heterocycles. The van der Waals surface area contributed by atoms with Crippen molar-refractivity contribution in [2.45, 2.75) is 25.7 Å². The number of benzene rings is 9. The Bertz CT molecular complexity index is 3770. The lowest BCUT2D eigenvalue weighted by Gasteiger charge is -2.40. The van der Waals surface area contributed by atoms with Gasteiger partial charge in [0.1, 0.15) is 16.7 Å². The minimum Gasteiger partial charge on any atom is -0.455 e. The first-order valence-electron chi connectivity index (χ1n) is 23.3. The zero-order valence-corrected chi connectivity index (χ0v) is 37.4. The molecule has 0 amide bonds. The molecule has 0 aliphatic heterocycles. The molecule has 13 rings (SSSR count). The van der Waals surface area contributed by atoms with E-state index < -0.39 is 5.41 Å². The minimum absolute atomic E-state index is 0.0327. The minimum atomic E-state index is -0.696. The maximum Gasteiger partial charge on any atom is 0.160 e. The highest BCUT2D eigenvalue weighted by molar-refractivity contribution is 6.25. The van der Waals surface area contributed by atoms with Crippen molar-refractivity contribution in [3.63, 3.8) is 0 Å².